The number of ether oxygens (including phenoxy) is 1. The first-order valence-electron chi connectivity index (χ1n) is 3.54. The number of unbranched alkanes of at least 4 members (excludes halogenated alkanes) is 1. The van der Waals surface area contributed by atoms with E-state index in [2.05, 4.69) is 4.74 Å². The molecule has 0 saturated carbocycles. The summed E-state index contributed by atoms with van der Waals surface area (Å²) >= 11 is 0. The maximum atomic E-state index is 10.5. The fourth-order valence-corrected chi connectivity index (χ4v) is 0.505. The monoisotopic (exact) mass is 168 g/mol. The maximum absolute atomic E-state index is 10.5. The third-order valence-corrected chi connectivity index (χ3v) is 1.06. The Morgan fingerprint density at radius 1 is 1.42 bits per heavy atom. The van der Waals surface area contributed by atoms with Crippen LogP contribution in [0.25, 0.3) is 0 Å². The van der Waals surface area contributed by atoms with Crippen molar-refractivity contribution in [2.75, 3.05) is 6.61 Å². The minimum atomic E-state index is -1.15. The van der Waals surface area contributed by atoms with Crippen molar-refractivity contribution in [2.24, 2.45) is 0 Å². The van der Waals surface area contributed by atoms with Crippen molar-refractivity contribution >= 4 is 30.8 Å². The van der Waals surface area contributed by atoms with Crippen molar-refractivity contribution < 1.29 is 19.4 Å². The molecule has 12 heavy (non-hydrogen) atoms. The molecule has 0 bridgehead atoms. The molecule has 1 N–H and O–H groups in total. The van der Waals surface area contributed by atoms with Gasteiger partial charge in [0.05, 0.1) is 6.61 Å². The third-order valence-electron chi connectivity index (χ3n) is 1.06. The van der Waals surface area contributed by atoms with E-state index in [0.29, 0.717) is 6.61 Å². The van der Waals surface area contributed by atoms with Gasteiger partial charge in [0, 0.05) is 0 Å². The standard InChI is InChI=1S/C7H12O4.Li.H/c1-2-3-4-11-7(10)5-6(8)9;;/h2-5H2,1H3,(H,8,9);;. The van der Waals surface area contributed by atoms with Crippen LogP contribution in [0, 0.1) is 0 Å². The number of hydrogen-bond donors (Lipinski definition) is 1. The molecule has 0 aliphatic carbocycles. The second-order valence-electron chi connectivity index (χ2n) is 2.14. The Morgan fingerprint density at radius 2 is 2.00 bits per heavy atom. The first-order valence-corrected chi connectivity index (χ1v) is 3.54. The molecule has 66 valence electrons. The van der Waals surface area contributed by atoms with Gasteiger partial charge in [-0.3, -0.25) is 9.59 Å². The Hall–Kier alpha value is -0.463. The van der Waals surface area contributed by atoms with Crippen molar-refractivity contribution in [3.63, 3.8) is 0 Å². The first-order chi connectivity index (χ1) is 5.16. The van der Waals surface area contributed by atoms with Gasteiger partial charge >= 0.3 is 30.8 Å². The zero-order valence-corrected chi connectivity index (χ0v) is 6.50. The van der Waals surface area contributed by atoms with Gasteiger partial charge in [0.2, 0.25) is 0 Å². The number of carboxylic acids is 1. The van der Waals surface area contributed by atoms with Gasteiger partial charge in [-0.05, 0) is 6.42 Å². The Bertz CT molecular complexity index is 146. The Balaban J connectivity index is 0. The molecule has 4 nitrogen and oxygen atoms in total. The van der Waals surface area contributed by atoms with Gasteiger partial charge in [0.25, 0.3) is 0 Å². The van der Waals surface area contributed by atoms with Gasteiger partial charge in [-0.15, -0.1) is 0 Å². The summed E-state index contributed by atoms with van der Waals surface area (Å²) < 4.78 is 4.57. The van der Waals surface area contributed by atoms with E-state index in [-0.39, 0.29) is 18.9 Å². The molecular weight excluding hydrogens is 155 g/mol. The number of carbonyl (C=O) groups is 2. The molecule has 0 aromatic carbocycles. The van der Waals surface area contributed by atoms with Crippen LogP contribution in [0.5, 0.6) is 0 Å². The zero-order valence-electron chi connectivity index (χ0n) is 6.50. The molecule has 0 spiro atoms. The Labute approximate surface area is 83.5 Å². The van der Waals surface area contributed by atoms with Gasteiger partial charge in [-0.25, -0.2) is 0 Å². The SMILES string of the molecule is CCCCOC(=O)CC(=O)O.[LiH]. The number of aliphatic carboxylic acids is 1. The number of hydrogen-bond acceptors (Lipinski definition) is 3. The van der Waals surface area contributed by atoms with Crippen LogP contribution in [0.4, 0.5) is 0 Å². The van der Waals surface area contributed by atoms with Gasteiger partial charge < -0.3 is 9.84 Å². The van der Waals surface area contributed by atoms with Crippen molar-refractivity contribution in [3.05, 3.63) is 0 Å². The molecule has 0 aliphatic heterocycles. The average molecular weight is 168 g/mol. The Kier molecular flexibility index (Phi) is 10.1. The van der Waals surface area contributed by atoms with E-state index < -0.39 is 18.4 Å². The summed E-state index contributed by atoms with van der Waals surface area (Å²) in [5, 5.41) is 8.14. The van der Waals surface area contributed by atoms with Crippen LogP contribution in [0.1, 0.15) is 26.2 Å². The van der Waals surface area contributed by atoms with Crippen LogP contribution in [-0.2, 0) is 14.3 Å². The van der Waals surface area contributed by atoms with Crippen LogP contribution in [0.2, 0.25) is 0 Å². The van der Waals surface area contributed by atoms with E-state index >= 15 is 0 Å². The molecule has 0 fully saturated rings. The molecule has 0 aromatic heterocycles. The summed E-state index contributed by atoms with van der Waals surface area (Å²) in [5.74, 6) is -1.81. The van der Waals surface area contributed by atoms with Crippen LogP contribution in [0.15, 0.2) is 0 Å². The first kappa shape index (κ1) is 14.1. The predicted octanol–water partition coefficient (Wildman–Crippen LogP) is 0.156. The number of carbonyl (C=O) groups excluding carboxylic acids is 1. The molecule has 0 amide bonds. The van der Waals surface area contributed by atoms with Crippen LogP contribution >= 0.6 is 0 Å². The van der Waals surface area contributed by atoms with Gasteiger partial charge in [-0.1, -0.05) is 13.3 Å². The number of carboxylic acid groups (broad SMARTS) is 1. The Morgan fingerprint density at radius 3 is 2.42 bits per heavy atom. The molecule has 0 radical (unpaired) electrons. The molecule has 0 unspecified atom stereocenters. The van der Waals surface area contributed by atoms with E-state index in [9.17, 15) is 9.59 Å². The summed E-state index contributed by atoms with van der Waals surface area (Å²) in [7, 11) is 0. The van der Waals surface area contributed by atoms with E-state index in [1.165, 1.54) is 0 Å². The van der Waals surface area contributed by atoms with Gasteiger partial charge in [-0.2, -0.15) is 0 Å². The van der Waals surface area contributed by atoms with Crippen molar-refractivity contribution in [1.82, 2.24) is 0 Å². The molecule has 0 aliphatic rings. The normalized spacial score (nSPS) is 8.42. The van der Waals surface area contributed by atoms with Crippen LogP contribution in [-0.4, -0.2) is 42.5 Å². The summed E-state index contributed by atoms with van der Waals surface area (Å²) in [6.07, 6.45) is 1.18. The van der Waals surface area contributed by atoms with Crippen molar-refractivity contribution in [3.8, 4) is 0 Å². The molecule has 0 atom stereocenters. The second kappa shape index (κ2) is 8.63. The third kappa shape index (κ3) is 9.54. The fourth-order valence-electron chi connectivity index (χ4n) is 0.505. The topological polar surface area (TPSA) is 63.6 Å². The van der Waals surface area contributed by atoms with E-state index in [4.69, 9.17) is 5.11 Å². The van der Waals surface area contributed by atoms with Crippen LogP contribution in [0.3, 0.4) is 0 Å². The summed E-state index contributed by atoms with van der Waals surface area (Å²) in [6.45, 7) is 2.29. The number of rotatable bonds is 5. The fraction of sp³-hybridized carbons (Fsp3) is 0.714. The average Bonchev–Trinajstić information content (AvgIpc) is 1.86. The molecule has 0 saturated heterocycles. The molecular formula is C7H13LiO4. The molecule has 0 aromatic rings. The number of esters is 1. The summed E-state index contributed by atoms with van der Waals surface area (Å²) in [5.41, 5.74) is 0. The van der Waals surface area contributed by atoms with E-state index in [1.54, 1.807) is 0 Å². The van der Waals surface area contributed by atoms with E-state index in [1.807, 2.05) is 6.92 Å². The zero-order chi connectivity index (χ0) is 8.69. The van der Waals surface area contributed by atoms with Crippen LogP contribution < -0.4 is 0 Å². The van der Waals surface area contributed by atoms with Crippen molar-refractivity contribution in [1.29, 1.82) is 0 Å². The predicted molar refractivity (Wildman–Crippen MR) is 45.3 cm³/mol. The molecule has 0 rings (SSSR count). The quantitative estimate of drug-likeness (QED) is 0.275. The van der Waals surface area contributed by atoms with E-state index in [0.717, 1.165) is 12.8 Å². The van der Waals surface area contributed by atoms with Crippen molar-refractivity contribution in [2.45, 2.75) is 26.2 Å². The molecule has 5 heteroatoms. The second-order valence-corrected chi connectivity index (χ2v) is 2.14. The summed E-state index contributed by atoms with van der Waals surface area (Å²) in [4.78, 5) is 20.5. The minimum absolute atomic E-state index is 0. The summed E-state index contributed by atoms with van der Waals surface area (Å²) in [6, 6.07) is 0. The molecule has 0 heterocycles. The van der Waals surface area contributed by atoms with Gasteiger partial charge in [0.1, 0.15) is 6.42 Å². The van der Waals surface area contributed by atoms with Gasteiger partial charge in [0.15, 0.2) is 0 Å².